The predicted octanol–water partition coefficient (Wildman–Crippen LogP) is 3.03. The van der Waals surface area contributed by atoms with Crippen molar-refractivity contribution in [1.29, 1.82) is 0 Å². The van der Waals surface area contributed by atoms with Gasteiger partial charge in [-0.05, 0) is 25.9 Å². The smallest absolute Gasteiger partial charge is 0.263 e. The molecule has 5 nitrogen and oxygen atoms in total. The number of nitrogens with one attached hydrogen (secondary N) is 2. The third-order valence-electron chi connectivity index (χ3n) is 4.22. The number of carbonyl (C=O) groups is 1. The minimum Gasteiger partial charge on any atom is -0.384 e. The molecule has 1 aromatic heterocycles. The van der Waals surface area contributed by atoms with Crippen molar-refractivity contribution in [3.8, 4) is 0 Å². The van der Waals surface area contributed by atoms with Crippen molar-refractivity contribution in [2.75, 3.05) is 33.4 Å². The van der Waals surface area contributed by atoms with Crippen LogP contribution in [0.4, 0.5) is 0 Å². The number of methoxy groups -OCH3 is 1. The zero-order chi connectivity index (χ0) is 16.2. The fourth-order valence-corrected chi connectivity index (χ4v) is 3.84. The molecule has 24 heavy (non-hydrogen) atoms. The predicted molar refractivity (Wildman–Crippen MR) is 104 cm³/mol. The standard InChI is InChI=1S/C16H27N3O2S.2ClH/c1-15(2,3)13-12(22-11-19-13)14(20)18-9-16(10-21-4)5-7-17-8-6-16;;/h11,17H,5-10H2,1-4H3,(H,18,20);2*1H. The quantitative estimate of drug-likeness (QED) is 0.801. The number of hydrogen-bond donors (Lipinski definition) is 2. The van der Waals surface area contributed by atoms with Gasteiger partial charge < -0.3 is 15.4 Å². The molecule has 1 aliphatic heterocycles. The Hall–Kier alpha value is -0.400. The molecule has 8 heteroatoms. The van der Waals surface area contributed by atoms with Crippen LogP contribution in [-0.2, 0) is 10.2 Å². The van der Waals surface area contributed by atoms with E-state index in [1.807, 2.05) is 0 Å². The first-order chi connectivity index (χ1) is 10.4. The van der Waals surface area contributed by atoms with Crippen molar-refractivity contribution in [2.24, 2.45) is 5.41 Å². The second-order valence-electron chi connectivity index (χ2n) is 7.15. The Labute approximate surface area is 161 Å². The summed E-state index contributed by atoms with van der Waals surface area (Å²) in [6.45, 7) is 9.54. The fourth-order valence-electron chi connectivity index (χ4n) is 2.92. The number of carbonyl (C=O) groups excluding carboxylic acids is 1. The summed E-state index contributed by atoms with van der Waals surface area (Å²) in [6, 6.07) is 0. The molecule has 0 saturated carbocycles. The Morgan fingerprint density at radius 2 is 2.00 bits per heavy atom. The molecule has 2 N–H and O–H groups in total. The van der Waals surface area contributed by atoms with Gasteiger partial charge in [-0.3, -0.25) is 4.79 Å². The number of hydrogen-bond acceptors (Lipinski definition) is 5. The van der Waals surface area contributed by atoms with E-state index in [1.54, 1.807) is 12.6 Å². The zero-order valence-corrected chi connectivity index (χ0v) is 17.3. The zero-order valence-electron chi connectivity index (χ0n) is 14.8. The van der Waals surface area contributed by atoms with Crippen LogP contribution in [0.25, 0.3) is 0 Å². The Morgan fingerprint density at radius 1 is 1.38 bits per heavy atom. The molecule has 1 amide bonds. The van der Waals surface area contributed by atoms with Crippen molar-refractivity contribution in [2.45, 2.75) is 39.0 Å². The van der Waals surface area contributed by atoms with Gasteiger partial charge in [0.15, 0.2) is 0 Å². The Bertz CT molecular complexity index is 506. The van der Waals surface area contributed by atoms with Crippen LogP contribution in [0.15, 0.2) is 5.51 Å². The third-order valence-corrected chi connectivity index (χ3v) is 5.05. The molecule has 0 spiro atoms. The summed E-state index contributed by atoms with van der Waals surface area (Å²) in [5.41, 5.74) is 2.56. The van der Waals surface area contributed by atoms with Crippen molar-refractivity contribution < 1.29 is 9.53 Å². The van der Waals surface area contributed by atoms with Crippen molar-refractivity contribution in [1.82, 2.24) is 15.6 Å². The van der Waals surface area contributed by atoms with Gasteiger partial charge in [0, 0.05) is 24.5 Å². The largest absolute Gasteiger partial charge is 0.384 e. The van der Waals surface area contributed by atoms with Gasteiger partial charge >= 0.3 is 0 Å². The summed E-state index contributed by atoms with van der Waals surface area (Å²) >= 11 is 1.42. The molecular formula is C16H29Cl2N3O2S. The molecule has 0 radical (unpaired) electrons. The van der Waals surface area contributed by atoms with Crippen molar-refractivity contribution >= 4 is 42.1 Å². The van der Waals surface area contributed by atoms with Gasteiger partial charge in [0.25, 0.3) is 5.91 Å². The Morgan fingerprint density at radius 3 is 2.54 bits per heavy atom. The lowest BCUT2D eigenvalue weighted by molar-refractivity contribution is 0.0512. The van der Waals surface area contributed by atoms with Gasteiger partial charge in [0.1, 0.15) is 4.88 Å². The van der Waals surface area contributed by atoms with Crippen LogP contribution in [0.5, 0.6) is 0 Å². The number of halogens is 2. The van der Waals surface area contributed by atoms with Crippen LogP contribution in [0.2, 0.25) is 0 Å². The van der Waals surface area contributed by atoms with Crippen LogP contribution in [0.1, 0.15) is 49.0 Å². The maximum Gasteiger partial charge on any atom is 0.263 e. The molecule has 2 heterocycles. The average molecular weight is 398 g/mol. The maximum atomic E-state index is 12.6. The second kappa shape index (κ2) is 9.92. The van der Waals surface area contributed by atoms with Crippen LogP contribution >= 0.6 is 36.2 Å². The summed E-state index contributed by atoms with van der Waals surface area (Å²) in [7, 11) is 1.73. The Balaban J connectivity index is 0.00000264. The molecule has 1 aliphatic rings. The molecular weight excluding hydrogens is 369 g/mol. The lowest BCUT2D eigenvalue weighted by Crippen LogP contribution is -2.47. The number of aromatic nitrogens is 1. The molecule has 2 rings (SSSR count). The number of nitrogens with zero attached hydrogens (tertiary/aromatic N) is 1. The van der Waals surface area contributed by atoms with Crippen LogP contribution < -0.4 is 10.6 Å². The molecule has 1 saturated heterocycles. The highest BCUT2D eigenvalue weighted by Crippen LogP contribution is 2.30. The van der Waals surface area contributed by atoms with E-state index in [-0.39, 0.29) is 41.6 Å². The Kier molecular flexibility index (Phi) is 9.76. The van der Waals surface area contributed by atoms with Gasteiger partial charge in [0.2, 0.25) is 0 Å². The van der Waals surface area contributed by atoms with Crippen molar-refractivity contribution in [3.05, 3.63) is 16.1 Å². The molecule has 1 aromatic rings. The minimum absolute atomic E-state index is 0. The molecule has 0 aromatic carbocycles. The number of ether oxygens (including phenoxy) is 1. The van der Waals surface area contributed by atoms with Gasteiger partial charge in [0.05, 0.1) is 17.8 Å². The number of thiazole rings is 1. The molecule has 0 atom stereocenters. The van der Waals surface area contributed by atoms with E-state index in [4.69, 9.17) is 4.74 Å². The molecule has 1 fully saturated rings. The van der Waals surface area contributed by atoms with E-state index in [2.05, 4.69) is 36.4 Å². The lowest BCUT2D eigenvalue weighted by atomic mass is 9.79. The van der Waals surface area contributed by atoms with E-state index in [1.165, 1.54) is 11.3 Å². The highest BCUT2D eigenvalue weighted by Gasteiger charge is 2.33. The van der Waals surface area contributed by atoms with E-state index < -0.39 is 0 Å². The van der Waals surface area contributed by atoms with Crippen molar-refractivity contribution in [3.63, 3.8) is 0 Å². The van der Waals surface area contributed by atoms with E-state index in [9.17, 15) is 4.79 Å². The summed E-state index contributed by atoms with van der Waals surface area (Å²) in [5.74, 6) is -0.0126. The third kappa shape index (κ3) is 5.85. The van der Waals surface area contributed by atoms with Gasteiger partial charge in [-0.1, -0.05) is 20.8 Å². The number of amides is 1. The summed E-state index contributed by atoms with van der Waals surface area (Å²) in [5, 5.41) is 6.48. The monoisotopic (exact) mass is 397 g/mol. The van der Waals surface area contributed by atoms with Crippen LogP contribution in [0.3, 0.4) is 0 Å². The topological polar surface area (TPSA) is 63.2 Å². The summed E-state index contributed by atoms with van der Waals surface area (Å²) in [6.07, 6.45) is 2.05. The highest BCUT2D eigenvalue weighted by atomic mass is 35.5. The normalized spacial score (nSPS) is 16.7. The highest BCUT2D eigenvalue weighted by molar-refractivity contribution is 7.11. The first-order valence-corrected chi connectivity index (χ1v) is 8.68. The first kappa shape index (κ1) is 23.6. The van der Waals surface area contributed by atoms with Gasteiger partial charge in [-0.15, -0.1) is 36.2 Å². The average Bonchev–Trinajstić information content (AvgIpc) is 2.96. The minimum atomic E-state index is -0.119. The fraction of sp³-hybridized carbons (Fsp3) is 0.750. The van der Waals surface area contributed by atoms with E-state index in [0.717, 1.165) is 36.5 Å². The van der Waals surface area contributed by atoms with Crippen LogP contribution in [-0.4, -0.2) is 44.2 Å². The SMILES string of the molecule is COCC1(CNC(=O)c2scnc2C(C)(C)C)CCNCC1.Cl.Cl. The van der Waals surface area contributed by atoms with Crippen LogP contribution in [0, 0.1) is 5.41 Å². The maximum absolute atomic E-state index is 12.6. The van der Waals surface area contributed by atoms with E-state index in [0.29, 0.717) is 13.2 Å². The van der Waals surface area contributed by atoms with E-state index >= 15 is 0 Å². The molecule has 0 unspecified atom stereocenters. The molecule has 0 bridgehead atoms. The lowest BCUT2D eigenvalue weighted by Gasteiger charge is -2.37. The second-order valence-corrected chi connectivity index (χ2v) is 8.00. The number of rotatable bonds is 5. The number of piperidine rings is 1. The molecule has 0 aliphatic carbocycles. The summed E-state index contributed by atoms with van der Waals surface area (Å²) in [4.78, 5) is 17.7. The van der Waals surface area contributed by atoms with Gasteiger partial charge in [-0.2, -0.15) is 0 Å². The van der Waals surface area contributed by atoms with Gasteiger partial charge in [-0.25, -0.2) is 4.98 Å². The summed E-state index contributed by atoms with van der Waals surface area (Å²) < 4.78 is 5.40. The first-order valence-electron chi connectivity index (χ1n) is 7.80. The molecule has 140 valence electrons.